The number of ether oxygens (including phenoxy) is 1. The van der Waals surface area contributed by atoms with Crippen LogP contribution in [0.3, 0.4) is 0 Å². The van der Waals surface area contributed by atoms with E-state index in [0.717, 1.165) is 0 Å². The summed E-state index contributed by atoms with van der Waals surface area (Å²) in [5.74, 6) is -0.548. The molecule has 1 rings (SSSR count). The molecule has 0 aliphatic carbocycles. The van der Waals surface area contributed by atoms with Crippen LogP contribution < -0.4 is 15.2 Å². The third-order valence-electron chi connectivity index (χ3n) is 2.10. The Bertz CT molecular complexity index is 476. The normalized spacial score (nSPS) is 11.5. The zero-order valence-electron chi connectivity index (χ0n) is 9.44. The Morgan fingerprint density at radius 1 is 1.47 bits per heavy atom. The highest BCUT2D eigenvalue weighted by Gasteiger charge is 2.09. The smallest absolute Gasteiger partial charge is 0.213 e. The summed E-state index contributed by atoms with van der Waals surface area (Å²) in [7, 11) is -2.02. The van der Waals surface area contributed by atoms with Crippen LogP contribution >= 0.6 is 0 Å². The summed E-state index contributed by atoms with van der Waals surface area (Å²) in [5, 5.41) is 0. The van der Waals surface area contributed by atoms with Gasteiger partial charge in [-0.15, -0.1) is 0 Å². The van der Waals surface area contributed by atoms with Crippen molar-refractivity contribution < 1.29 is 17.5 Å². The van der Waals surface area contributed by atoms with Gasteiger partial charge in [0.15, 0.2) is 11.6 Å². The van der Waals surface area contributed by atoms with Gasteiger partial charge in [-0.2, -0.15) is 0 Å². The van der Waals surface area contributed by atoms with E-state index in [2.05, 4.69) is 4.72 Å². The van der Waals surface area contributed by atoms with E-state index >= 15 is 0 Å². The maximum atomic E-state index is 13.3. The van der Waals surface area contributed by atoms with Gasteiger partial charge in [0, 0.05) is 13.1 Å². The molecule has 3 N–H and O–H groups in total. The van der Waals surface area contributed by atoms with Crippen LogP contribution in [0.5, 0.6) is 5.75 Å². The summed E-state index contributed by atoms with van der Waals surface area (Å²) < 4.78 is 43.0. The lowest BCUT2D eigenvalue weighted by atomic mass is 10.2. The van der Waals surface area contributed by atoms with E-state index in [-0.39, 0.29) is 24.6 Å². The van der Waals surface area contributed by atoms with Crippen LogP contribution in [-0.4, -0.2) is 27.8 Å². The first-order chi connectivity index (χ1) is 7.98. The molecule has 1 aromatic rings. The molecular weight excluding hydrogens is 247 g/mol. The van der Waals surface area contributed by atoms with Crippen LogP contribution in [0.1, 0.15) is 5.56 Å². The minimum atomic E-state index is -3.39. The van der Waals surface area contributed by atoms with Gasteiger partial charge < -0.3 is 10.5 Å². The Labute approximate surface area is 99.8 Å². The maximum Gasteiger partial charge on any atom is 0.213 e. The Morgan fingerprint density at radius 3 is 2.71 bits per heavy atom. The first kappa shape index (κ1) is 13.9. The van der Waals surface area contributed by atoms with Crippen LogP contribution in [0.15, 0.2) is 18.2 Å². The van der Waals surface area contributed by atoms with E-state index in [1.807, 2.05) is 0 Å². The summed E-state index contributed by atoms with van der Waals surface area (Å²) in [6.07, 6.45) is 0. The van der Waals surface area contributed by atoms with Crippen LogP contribution in [0, 0.1) is 5.82 Å². The highest BCUT2D eigenvalue weighted by Crippen LogP contribution is 2.17. The SMILES string of the molecule is COc1ccc(CNS(=O)(=O)CCN)cc1F. The van der Waals surface area contributed by atoms with Gasteiger partial charge in [-0.05, 0) is 17.7 Å². The van der Waals surface area contributed by atoms with Crippen molar-refractivity contribution >= 4 is 10.0 Å². The number of nitrogens with one attached hydrogen (secondary N) is 1. The number of rotatable bonds is 6. The Morgan fingerprint density at radius 2 is 2.18 bits per heavy atom. The van der Waals surface area contributed by atoms with Gasteiger partial charge in [-0.25, -0.2) is 17.5 Å². The molecule has 7 heteroatoms. The zero-order chi connectivity index (χ0) is 12.9. The molecule has 0 saturated heterocycles. The average Bonchev–Trinajstić information content (AvgIpc) is 2.27. The van der Waals surface area contributed by atoms with Crippen LogP contribution in [-0.2, 0) is 16.6 Å². The maximum absolute atomic E-state index is 13.3. The number of methoxy groups -OCH3 is 1. The van der Waals surface area contributed by atoms with E-state index in [4.69, 9.17) is 10.5 Å². The molecule has 0 fully saturated rings. The fraction of sp³-hybridized carbons (Fsp3) is 0.400. The largest absolute Gasteiger partial charge is 0.494 e. The van der Waals surface area contributed by atoms with Gasteiger partial charge in [-0.1, -0.05) is 6.07 Å². The van der Waals surface area contributed by atoms with Gasteiger partial charge in [0.05, 0.1) is 12.9 Å². The molecule has 0 heterocycles. The monoisotopic (exact) mass is 262 g/mol. The van der Waals surface area contributed by atoms with Crippen LogP contribution in [0.25, 0.3) is 0 Å². The number of benzene rings is 1. The molecule has 0 aromatic heterocycles. The van der Waals surface area contributed by atoms with E-state index in [9.17, 15) is 12.8 Å². The fourth-order valence-electron chi connectivity index (χ4n) is 1.24. The first-order valence-corrected chi connectivity index (χ1v) is 6.63. The standard InChI is InChI=1S/C10H15FN2O3S/c1-16-10-3-2-8(6-9(10)11)7-13-17(14,15)5-4-12/h2-3,6,13H,4-5,7,12H2,1H3. The number of sulfonamides is 1. The number of nitrogens with two attached hydrogens (primary N) is 1. The minimum Gasteiger partial charge on any atom is -0.494 e. The molecule has 0 saturated carbocycles. The van der Waals surface area contributed by atoms with Crippen molar-refractivity contribution in [1.29, 1.82) is 0 Å². The second kappa shape index (κ2) is 5.95. The van der Waals surface area contributed by atoms with Crippen molar-refractivity contribution in [2.24, 2.45) is 5.73 Å². The topological polar surface area (TPSA) is 81.4 Å². The van der Waals surface area contributed by atoms with Gasteiger partial charge in [0.25, 0.3) is 0 Å². The lowest BCUT2D eigenvalue weighted by Gasteiger charge is -2.07. The van der Waals surface area contributed by atoms with Gasteiger partial charge in [0.2, 0.25) is 10.0 Å². The molecular formula is C10H15FN2O3S. The van der Waals surface area contributed by atoms with Crippen molar-refractivity contribution in [3.05, 3.63) is 29.6 Å². The molecule has 0 atom stereocenters. The Balaban J connectivity index is 2.67. The lowest BCUT2D eigenvalue weighted by Crippen LogP contribution is -2.29. The quantitative estimate of drug-likeness (QED) is 0.768. The number of halogens is 1. The Hall–Kier alpha value is -1.18. The average molecular weight is 262 g/mol. The lowest BCUT2D eigenvalue weighted by molar-refractivity contribution is 0.386. The van der Waals surface area contributed by atoms with Crippen molar-refractivity contribution in [3.63, 3.8) is 0 Å². The molecule has 0 bridgehead atoms. The molecule has 0 amide bonds. The minimum absolute atomic E-state index is 0.0310. The molecule has 1 aromatic carbocycles. The third-order valence-corrected chi connectivity index (χ3v) is 3.46. The Kier molecular flexibility index (Phi) is 4.86. The molecule has 0 aliphatic rings. The molecule has 0 aliphatic heterocycles. The van der Waals surface area contributed by atoms with E-state index in [0.29, 0.717) is 5.56 Å². The molecule has 0 spiro atoms. The number of hydrogen-bond acceptors (Lipinski definition) is 4. The first-order valence-electron chi connectivity index (χ1n) is 4.98. The van der Waals surface area contributed by atoms with Crippen molar-refractivity contribution in [2.45, 2.75) is 6.54 Å². The third kappa shape index (κ3) is 4.29. The van der Waals surface area contributed by atoms with Crippen molar-refractivity contribution in [1.82, 2.24) is 4.72 Å². The molecule has 0 unspecified atom stereocenters. The van der Waals surface area contributed by atoms with Gasteiger partial charge in [-0.3, -0.25) is 0 Å². The second-order valence-corrected chi connectivity index (χ2v) is 5.32. The number of hydrogen-bond donors (Lipinski definition) is 2. The van der Waals surface area contributed by atoms with Gasteiger partial charge >= 0.3 is 0 Å². The highest BCUT2D eigenvalue weighted by atomic mass is 32.2. The van der Waals surface area contributed by atoms with Crippen molar-refractivity contribution in [2.75, 3.05) is 19.4 Å². The highest BCUT2D eigenvalue weighted by molar-refractivity contribution is 7.89. The summed E-state index contributed by atoms with van der Waals surface area (Å²) in [4.78, 5) is 0. The predicted molar refractivity (Wildman–Crippen MR) is 62.6 cm³/mol. The summed E-state index contributed by atoms with van der Waals surface area (Å²) in [6.45, 7) is 0.0789. The molecule has 96 valence electrons. The summed E-state index contributed by atoms with van der Waals surface area (Å²) >= 11 is 0. The van der Waals surface area contributed by atoms with Gasteiger partial charge in [0.1, 0.15) is 0 Å². The predicted octanol–water partition coefficient (Wildman–Crippen LogP) is 0.212. The molecule has 0 radical (unpaired) electrons. The summed E-state index contributed by atoms with van der Waals surface area (Å²) in [5.41, 5.74) is 5.67. The second-order valence-electron chi connectivity index (χ2n) is 3.40. The van der Waals surface area contributed by atoms with E-state index < -0.39 is 15.8 Å². The van der Waals surface area contributed by atoms with Crippen molar-refractivity contribution in [3.8, 4) is 5.75 Å². The summed E-state index contributed by atoms with van der Waals surface area (Å²) in [6, 6.07) is 4.26. The fourth-order valence-corrected chi connectivity index (χ4v) is 2.08. The van der Waals surface area contributed by atoms with Crippen LogP contribution in [0.2, 0.25) is 0 Å². The van der Waals surface area contributed by atoms with Crippen LogP contribution in [0.4, 0.5) is 4.39 Å². The zero-order valence-corrected chi connectivity index (χ0v) is 10.3. The molecule has 5 nitrogen and oxygen atoms in total. The van der Waals surface area contributed by atoms with E-state index in [1.165, 1.54) is 19.2 Å². The molecule has 17 heavy (non-hydrogen) atoms. The van der Waals surface area contributed by atoms with E-state index in [1.54, 1.807) is 6.07 Å².